The van der Waals surface area contributed by atoms with Gasteiger partial charge in [0, 0.05) is 6.42 Å². The number of carbonyl (C=O) groups is 1. The van der Waals surface area contributed by atoms with Crippen LogP contribution in [0.4, 0.5) is 0 Å². The summed E-state index contributed by atoms with van der Waals surface area (Å²) >= 11 is 0. The van der Waals surface area contributed by atoms with Gasteiger partial charge in [-0.15, -0.1) is 0 Å². The topological polar surface area (TPSA) is 68.1 Å². The molecule has 2 aromatic carbocycles. The summed E-state index contributed by atoms with van der Waals surface area (Å²) in [4.78, 5) is 11.9. The highest BCUT2D eigenvalue weighted by Crippen LogP contribution is 2.13. The minimum absolute atomic E-state index is 0.0109. The average molecular weight is 313 g/mol. The summed E-state index contributed by atoms with van der Waals surface area (Å²) in [5.74, 6) is 0.164. The minimum atomic E-state index is -0.607. The van der Waals surface area contributed by atoms with E-state index in [0.29, 0.717) is 12.8 Å². The normalized spacial score (nSPS) is 11.1. The molecule has 0 atom stereocenters. The predicted molar refractivity (Wildman–Crippen MR) is 86.8 cm³/mol. The van der Waals surface area contributed by atoms with Gasteiger partial charge in [0.15, 0.2) is 5.71 Å². The van der Waals surface area contributed by atoms with Crippen molar-refractivity contribution in [2.24, 2.45) is 5.16 Å². The zero-order chi connectivity index (χ0) is 16.5. The zero-order valence-electron chi connectivity index (χ0n) is 12.9. The summed E-state index contributed by atoms with van der Waals surface area (Å²) in [6.07, 6.45) is 0.875. The molecule has 0 aliphatic rings. The van der Waals surface area contributed by atoms with Crippen LogP contribution >= 0.6 is 0 Å². The lowest BCUT2D eigenvalue weighted by Gasteiger charge is -2.07. The maximum atomic E-state index is 11.9. The zero-order valence-corrected chi connectivity index (χ0v) is 12.9. The lowest BCUT2D eigenvalue weighted by molar-refractivity contribution is -0.137. The number of benzene rings is 2. The van der Waals surface area contributed by atoms with Gasteiger partial charge in [-0.2, -0.15) is 0 Å². The lowest BCUT2D eigenvalue weighted by atomic mass is 10.1. The summed E-state index contributed by atoms with van der Waals surface area (Å²) in [6, 6.07) is 16.9. The van der Waals surface area contributed by atoms with Gasteiger partial charge < -0.3 is 14.7 Å². The molecule has 0 aliphatic carbocycles. The summed E-state index contributed by atoms with van der Waals surface area (Å²) in [6.45, 7) is 0.154. The second-order valence-electron chi connectivity index (χ2n) is 4.96. The van der Waals surface area contributed by atoms with Gasteiger partial charge in [0.05, 0.1) is 7.11 Å². The summed E-state index contributed by atoms with van der Waals surface area (Å²) in [7, 11) is 1.61. The van der Waals surface area contributed by atoms with Crippen molar-refractivity contribution in [3.8, 4) is 5.75 Å². The van der Waals surface area contributed by atoms with Gasteiger partial charge in [0.2, 0.25) is 0 Å². The number of nitrogens with zero attached hydrogens (tertiary/aromatic N) is 1. The number of aryl methyl sites for hydroxylation is 1. The first-order valence-electron chi connectivity index (χ1n) is 7.28. The molecule has 0 unspecified atom stereocenters. The fraction of sp³-hybridized carbons (Fsp3) is 0.222. The molecule has 2 aromatic rings. The minimum Gasteiger partial charge on any atom is -0.497 e. The highest BCUT2D eigenvalue weighted by molar-refractivity contribution is 6.36. The molecule has 0 aliphatic heterocycles. The highest BCUT2D eigenvalue weighted by atomic mass is 16.5. The highest BCUT2D eigenvalue weighted by Gasteiger charge is 2.14. The molecule has 0 fully saturated rings. The largest absolute Gasteiger partial charge is 0.497 e. The van der Waals surface area contributed by atoms with E-state index < -0.39 is 5.97 Å². The maximum absolute atomic E-state index is 11.9. The van der Waals surface area contributed by atoms with Gasteiger partial charge in [0.25, 0.3) is 0 Å². The van der Waals surface area contributed by atoms with Gasteiger partial charge in [-0.1, -0.05) is 47.6 Å². The molecule has 0 amide bonds. The Morgan fingerprint density at radius 2 is 1.74 bits per heavy atom. The number of hydrogen-bond acceptors (Lipinski definition) is 5. The fourth-order valence-corrected chi connectivity index (χ4v) is 2.05. The first-order chi connectivity index (χ1) is 11.2. The van der Waals surface area contributed by atoms with Crippen molar-refractivity contribution in [2.45, 2.75) is 19.4 Å². The van der Waals surface area contributed by atoms with Crippen molar-refractivity contribution in [1.82, 2.24) is 0 Å². The van der Waals surface area contributed by atoms with Crippen molar-refractivity contribution in [3.05, 3.63) is 65.7 Å². The quantitative estimate of drug-likeness (QED) is 0.369. The third-order valence-electron chi connectivity index (χ3n) is 3.38. The van der Waals surface area contributed by atoms with Gasteiger partial charge in [-0.05, 0) is 29.7 Å². The smallest absolute Gasteiger partial charge is 0.356 e. The Balaban J connectivity index is 1.85. The van der Waals surface area contributed by atoms with Crippen LogP contribution in [0.15, 0.2) is 59.8 Å². The van der Waals surface area contributed by atoms with Gasteiger partial charge in [0.1, 0.15) is 12.4 Å². The summed E-state index contributed by atoms with van der Waals surface area (Å²) in [5, 5.41) is 12.1. The molecule has 0 radical (unpaired) electrons. The SMILES string of the molecule is COc1ccc(CCC(=NO)C(=O)OCc2ccccc2)cc1. The van der Waals surface area contributed by atoms with E-state index in [0.717, 1.165) is 16.9 Å². The van der Waals surface area contributed by atoms with E-state index >= 15 is 0 Å². The molecular formula is C18H19NO4. The van der Waals surface area contributed by atoms with Crippen LogP contribution in [0, 0.1) is 0 Å². The van der Waals surface area contributed by atoms with Crippen molar-refractivity contribution in [3.63, 3.8) is 0 Å². The Labute approximate surface area is 135 Å². The van der Waals surface area contributed by atoms with Gasteiger partial charge >= 0.3 is 5.97 Å². The number of oxime groups is 1. The first kappa shape index (κ1) is 16.5. The molecule has 0 saturated heterocycles. The van der Waals surface area contributed by atoms with Gasteiger partial charge in [-0.25, -0.2) is 4.79 Å². The molecule has 23 heavy (non-hydrogen) atoms. The molecule has 2 rings (SSSR count). The number of esters is 1. The van der Waals surface area contributed by atoms with Gasteiger partial charge in [-0.3, -0.25) is 0 Å². The van der Waals surface area contributed by atoms with Crippen LogP contribution in [0.5, 0.6) is 5.75 Å². The number of ether oxygens (including phenoxy) is 2. The third kappa shape index (κ3) is 5.14. The number of carbonyl (C=O) groups excluding carboxylic acids is 1. The van der Waals surface area contributed by atoms with E-state index in [-0.39, 0.29) is 12.3 Å². The number of methoxy groups -OCH3 is 1. The van der Waals surface area contributed by atoms with Crippen LogP contribution < -0.4 is 4.74 Å². The molecule has 5 nitrogen and oxygen atoms in total. The van der Waals surface area contributed by atoms with Crippen molar-refractivity contribution < 1.29 is 19.5 Å². The molecule has 5 heteroatoms. The Morgan fingerprint density at radius 1 is 1.04 bits per heavy atom. The lowest BCUT2D eigenvalue weighted by Crippen LogP contribution is -2.18. The Hall–Kier alpha value is -2.82. The molecule has 120 valence electrons. The summed E-state index contributed by atoms with van der Waals surface area (Å²) < 4.78 is 10.2. The average Bonchev–Trinajstić information content (AvgIpc) is 2.62. The standard InChI is InChI=1S/C18H19NO4/c1-22-16-10-7-14(8-11-16)9-12-17(19-21)18(20)23-13-15-5-3-2-4-6-15/h2-8,10-11,21H,9,12-13H2,1H3. The second-order valence-corrected chi connectivity index (χ2v) is 4.96. The Morgan fingerprint density at radius 3 is 2.35 bits per heavy atom. The molecule has 0 bridgehead atoms. The number of rotatable bonds is 7. The van der Waals surface area contributed by atoms with E-state index in [1.807, 2.05) is 54.6 Å². The van der Waals surface area contributed by atoms with E-state index in [4.69, 9.17) is 14.7 Å². The van der Waals surface area contributed by atoms with Crippen LogP contribution in [0.2, 0.25) is 0 Å². The third-order valence-corrected chi connectivity index (χ3v) is 3.38. The maximum Gasteiger partial charge on any atom is 0.356 e. The van der Waals surface area contributed by atoms with Crippen LogP contribution in [-0.4, -0.2) is 24.0 Å². The number of hydrogen-bond donors (Lipinski definition) is 1. The van der Waals surface area contributed by atoms with E-state index in [2.05, 4.69) is 5.16 Å². The predicted octanol–water partition coefficient (Wildman–Crippen LogP) is 3.20. The molecule has 0 heterocycles. The molecule has 1 N–H and O–H groups in total. The summed E-state index contributed by atoms with van der Waals surface area (Å²) in [5.41, 5.74) is 1.91. The monoisotopic (exact) mass is 313 g/mol. The van der Waals surface area contributed by atoms with Crippen molar-refractivity contribution in [2.75, 3.05) is 7.11 Å². The van der Waals surface area contributed by atoms with Crippen molar-refractivity contribution >= 4 is 11.7 Å². The van der Waals surface area contributed by atoms with E-state index in [9.17, 15) is 4.79 Å². The van der Waals surface area contributed by atoms with Crippen LogP contribution in [0.25, 0.3) is 0 Å². The molecule has 0 spiro atoms. The van der Waals surface area contributed by atoms with E-state index in [1.165, 1.54) is 0 Å². The Bertz CT molecular complexity index is 650. The van der Waals surface area contributed by atoms with E-state index in [1.54, 1.807) is 7.11 Å². The van der Waals surface area contributed by atoms with Crippen molar-refractivity contribution in [1.29, 1.82) is 0 Å². The van der Waals surface area contributed by atoms with Crippen LogP contribution in [0.3, 0.4) is 0 Å². The fourth-order valence-electron chi connectivity index (χ4n) is 2.05. The molecular weight excluding hydrogens is 294 g/mol. The molecule has 0 aromatic heterocycles. The van der Waals surface area contributed by atoms with Crippen LogP contribution in [-0.2, 0) is 22.6 Å². The Kier molecular flexibility index (Phi) is 6.17. The second kappa shape index (κ2) is 8.58. The van der Waals surface area contributed by atoms with Crippen LogP contribution in [0.1, 0.15) is 17.5 Å². The first-order valence-corrected chi connectivity index (χ1v) is 7.28. The molecule has 0 saturated carbocycles.